The maximum Gasteiger partial charge on any atom is 0.259 e. The maximum absolute atomic E-state index is 12.5. The van der Waals surface area contributed by atoms with Crippen molar-refractivity contribution in [1.82, 2.24) is 15.1 Å². The predicted octanol–water partition coefficient (Wildman–Crippen LogP) is 2.04. The van der Waals surface area contributed by atoms with Crippen LogP contribution in [0.3, 0.4) is 0 Å². The average Bonchev–Trinajstić information content (AvgIpc) is 2.78. The second kappa shape index (κ2) is 10.9. The molecule has 7 heteroatoms. The number of nitrogens with one attached hydrogen (secondary N) is 1. The van der Waals surface area contributed by atoms with Crippen molar-refractivity contribution in [3.8, 4) is 5.75 Å². The van der Waals surface area contributed by atoms with Crippen LogP contribution in [0.4, 0.5) is 0 Å². The summed E-state index contributed by atoms with van der Waals surface area (Å²) in [5.74, 6) is 0.147. The van der Waals surface area contributed by atoms with Crippen molar-refractivity contribution in [2.24, 2.45) is 0 Å². The number of likely N-dealkylation sites (tertiary alicyclic amines) is 1. The highest BCUT2D eigenvalue weighted by Crippen LogP contribution is 2.15. The summed E-state index contributed by atoms with van der Waals surface area (Å²) in [6, 6.07) is 15.0. The molecule has 3 rings (SSSR count). The summed E-state index contributed by atoms with van der Waals surface area (Å²) in [7, 11) is 3.34. The van der Waals surface area contributed by atoms with E-state index in [2.05, 4.69) is 22.3 Å². The van der Waals surface area contributed by atoms with E-state index in [4.69, 9.17) is 4.74 Å². The molecule has 0 bridgehead atoms. The lowest BCUT2D eigenvalue weighted by Gasteiger charge is -2.29. The molecule has 0 aromatic heterocycles. The fraction of sp³-hybridized carbons (Fsp3) is 0.417. The zero-order chi connectivity index (χ0) is 22.2. The van der Waals surface area contributed by atoms with Crippen LogP contribution in [0.2, 0.25) is 0 Å². The third kappa shape index (κ3) is 7.08. The number of nitrogens with zero attached hydrogens (tertiary/aromatic N) is 2. The van der Waals surface area contributed by atoms with Crippen molar-refractivity contribution in [2.75, 3.05) is 33.8 Å². The van der Waals surface area contributed by atoms with Gasteiger partial charge in [0, 0.05) is 45.8 Å². The van der Waals surface area contributed by atoms with Crippen molar-refractivity contribution in [1.29, 1.82) is 0 Å². The Hall–Kier alpha value is -2.90. The number of carbonyl (C=O) groups excluding carboxylic acids is 2. The molecule has 1 aliphatic rings. The summed E-state index contributed by atoms with van der Waals surface area (Å²) in [5.41, 5.74) is 2.73. The first-order valence-corrected chi connectivity index (χ1v) is 10.6. The van der Waals surface area contributed by atoms with Crippen LogP contribution in [0, 0.1) is 0 Å². The Balaban J connectivity index is 1.48. The fourth-order valence-corrected chi connectivity index (χ4v) is 3.38. The molecule has 31 heavy (non-hydrogen) atoms. The largest absolute Gasteiger partial charge is 0.484 e. The van der Waals surface area contributed by atoms with Gasteiger partial charge in [0.05, 0.1) is 6.10 Å². The van der Waals surface area contributed by atoms with Crippen molar-refractivity contribution >= 4 is 11.8 Å². The topological polar surface area (TPSA) is 82.1 Å². The monoisotopic (exact) mass is 425 g/mol. The lowest BCUT2D eigenvalue weighted by atomic mass is 10.1. The van der Waals surface area contributed by atoms with Gasteiger partial charge in [-0.15, -0.1) is 0 Å². The Bertz CT molecular complexity index is 875. The summed E-state index contributed by atoms with van der Waals surface area (Å²) in [6.45, 7) is 3.08. The normalized spacial score (nSPS) is 14.8. The molecule has 2 amide bonds. The molecule has 1 aliphatic heterocycles. The Morgan fingerprint density at radius 3 is 2.45 bits per heavy atom. The summed E-state index contributed by atoms with van der Waals surface area (Å²) in [6.07, 6.45) is 1.51. The molecular formula is C24H31N3O4. The molecule has 1 heterocycles. The zero-order valence-electron chi connectivity index (χ0n) is 18.2. The van der Waals surface area contributed by atoms with Crippen LogP contribution >= 0.6 is 0 Å². The fourth-order valence-electron chi connectivity index (χ4n) is 3.38. The van der Waals surface area contributed by atoms with E-state index in [1.165, 1.54) is 10.5 Å². The number of likely N-dealkylation sites (N-methyl/N-ethyl adjacent to an activating group) is 1. The third-order valence-electron chi connectivity index (χ3n) is 5.40. The van der Waals surface area contributed by atoms with Gasteiger partial charge in [-0.2, -0.15) is 0 Å². The average molecular weight is 426 g/mol. The SMILES string of the molecule is CN(C)C(=O)COc1cccc(C(=O)NCc2ccc(CN3CCC(O)CC3)cc2)c1. The van der Waals surface area contributed by atoms with E-state index in [1.54, 1.807) is 38.4 Å². The summed E-state index contributed by atoms with van der Waals surface area (Å²) < 4.78 is 5.48. The van der Waals surface area contributed by atoms with Gasteiger partial charge in [-0.25, -0.2) is 0 Å². The molecule has 0 radical (unpaired) electrons. The zero-order valence-corrected chi connectivity index (χ0v) is 18.2. The highest BCUT2D eigenvalue weighted by atomic mass is 16.5. The first kappa shape index (κ1) is 22.8. The van der Waals surface area contributed by atoms with E-state index >= 15 is 0 Å². The first-order chi connectivity index (χ1) is 14.9. The second-order valence-electron chi connectivity index (χ2n) is 8.11. The van der Waals surface area contributed by atoms with Crippen molar-refractivity contribution in [3.63, 3.8) is 0 Å². The van der Waals surface area contributed by atoms with Gasteiger partial charge in [0.1, 0.15) is 5.75 Å². The highest BCUT2D eigenvalue weighted by Gasteiger charge is 2.16. The van der Waals surface area contributed by atoms with Crippen molar-refractivity contribution in [2.45, 2.75) is 32.0 Å². The summed E-state index contributed by atoms with van der Waals surface area (Å²) >= 11 is 0. The van der Waals surface area contributed by atoms with E-state index in [0.717, 1.165) is 38.0 Å². The van der Waals surface area contributed by atoms with E-state index in [9.17, 15) is 14.7 Å². The standard InChI is InChI=1S/C24H31N3O4/c1-26(2)23(29)17-31-22-5-3-4-20(14-22)24(30)25-15-18-6-8-19(9-7-18)16-27-12-10-21(28)11-13-27/h3-9,14,21,28H,10-13,15-17H2,1-2H3,(H,25,30). The van der Waals surface area contributed by atoms with Crippen LogP contribution in [0.25, 0.3) is 0 Å². The van der Waals surface area contributed by atoms with Gasteiger partial charge in [-0.05, 0) is 42.2 Å². The molecule has 0 atom stereocenters. The number of piperidine rings is 1. The van der Waals surface area contributed by atoms with Gasteiger partial charge < -0.3 is 20.1 Å². The lowest BCUT2D eigenvalue weighted by molar-refractivity contribution is -0.130. The van der Waals surface area contributed by atoms with Crippen LogP contribution in [0.5, 0.6) is 5.75 Å². The maximum atomic E-state index is 12.5. The Kier molecular flexibility index (Phi) is 8.03. The van der Waals surface area contributed by atoms with Gasteiger partial charge in [-0.1, -0.05) is 30.3 Å². The second-order valence-corrected chi connectivity index (χ2v) is 8.11. The van der Waals surface area contributed by atoms with Crippen LogP contribution in [-0.4, -0.2) is 66.6 Å². The minimum Gasteiger partial charge on any atom is -0.484 e. The van der Waals surface area contributed by atoms with Crippen molar-refractivity contribution in [3.05, 3.63) is 65.2 Å². The molecule has 0 saturated carbocycles. The molecular weight excluding hydrogens is 394 g/mol. The molecule has 2 aromatic rings. The smallest absolute Gasteiger partial charge is 0.259 e. The van der Waals surface area contributed by atoms with Gasteiger partial charge in [0.2, 0.25) is 0 Å². The molecule has 0 unspecified atom stereocenters. The quantitative estimate of drug-likeness (QED) is 0.677. The third-order valence-corrected chi connectivity index (χ3v) is 5.40. The van der Waals surface area contributed by atoms with Crippen LogP contribution in [-0.2, 0) is 17.9 Å². The number of aliphatic hydroxyl groups is 1. The number of ether oxygens (including phenoxy) is 1. The molecule has 2 N–H and O–H groups in total. The van der Waals surface area contributed by atoms with Crippen LogP contribution in [0.1, 0.15) is 34.3 Å². The van der Waals surface area contributed by atoms with Gasteiger partial charge in [0.15, 0.2) is 6.61 Å². The first-order valence-electron chi connectivity index (χ1n) is 10.6. The number of hydrogen-bond donors (Lipinski definition) is 2. The van der Waals surface area contributed by atoms with Gasteiger partial charge in [0.25, 0.3) is 11.8 Å². The van der Waals surface area contributed by atoms with Crippen LogP contribution in [0.15, 0.2) is 48.5 Å². The van der Waals surface area contributed by atoms with E-state index in [-0.39, 0.29) is 24.5 Å². The Morgan fingerprint density at radius 2 is 1.77 bits per heavy atom. The highest BCUT2D eigenvalue weighted by molar-refractivity contribution is 5.94. The Morgan fingerprint density at radius 1 is 1.10 bits per heavy atom. The number of rotatable bonds is 8. The molecule has 0 spiro atoms. The van der Waals surface area contributed by atoms with Crippen LogP contribution < -0.4 is 10.1 Å². The number of benzene rings is 2. The van der Waals surface area contributed by atoms with Crippen molar-refractivity contribution < 1.29 is 19.4 Å². The molecule has 166 valence electrons. The predicted molar refractivity (Wildman–Crippen MR) is 119 cm³/mol. The lowest BCUT2D eigenvalue weighted by Crippen LogP contribution is -2.35. The molecule has 2 aromatic carbocycles. The Labute approximate surface area is 183 Å². The summed E-state index contributed by atoms with van der Waals surface area (Å²) in [5, 5.41) is 12.5. The van der Waals surface area contributed by atoms with E-state index in [0.29, 0.717) is 17.9 Å². The minimum atomic E-state index is -0.194. The molecule has 0 aliphatic carbocycles. The number of carbonyl (C=O) groups is 2. The molecule has 1 fully saturated rings. The number of aliphatic hydroxyl groups excluding tert-OH is 1. The number of amides is 2. The van der Waals surface area contributed by atoms with E-state index < -0.39 is 0 Å². The van der Waals surface area contributed by atoms with Gasteiger partial charge in [-0.3, -0.25) is 14.5 Å². The minimum absolute atomic E-state index is 0.0670. The number of hydrogen-bond acceptors (Lipinski definition) is 5. The molecule has 7 nitrogen and oxygen atoms in total. The molecule has 1 saturated heterocycles. The van der Waals surface area contributed by atoms with E-state index in [1.807, 2.05) is 12.1 Å². The summed E-state index contributed by atoms with van der Waals surface area (Å²) in [4.78, 5) is 28.0. The van der Waals surface area contributed by atoms with Gasteiger partial charge >= 0.3 is 0 Å².